The van der Waals surface area contributed by atoms with Crippen molar-refractivity contribution in [1.29, 1.82) is 5.41 Å². The third-order valence-corrected chi connectivity index (χ3v) is 4.63. The van der Waals surface area contributed by atoms with Gasteiger partial charge in [-0.2, -0.15) is 0 Å². The maximum absolute atomic E-state index is 7.18. The summed E-state index contributed by atoms with van der Waals surface area (Å²) in [5.41, 5.74) is 8.40. The molecule has 2 aromatic carbocycles. The fraction of sp³-hybridized carbons (Fsp3) is 0.227. The summed E-state index contributed by atoms with van der Waals surface area (Å²) in [7, 11) is 0. The maximum atomic E-state index is 7.18. The standard InChI is InChI=1S/C22H25ClN6.2ClH/c1-15-4-10-19-18(14-15)21(26-12-2-3-13-27-22(24)25)29-20(28-19)11-7-16-5-8-17(23)9-6-16;;/h4-11,14H,2-3,12-13H2,1H3,(H4,24,25,27)(H,26,28,29);2*1H/b11-7+;;. The molecule has 0 unspecified atom stereocenters. The lowest BCUT2D eigenvalue weighted by atomic mass is 10.1. The third kappa shape index (κ3) is 8.25. The maximum Gasteiger partial charge on any atom is 0.185 e. The molecule has 31 heavy (non-hydrogen) atoms. The zero-order valence-electron chi connectivity index (χ0n) is 17.2. The molecule has 0 aliphatic heterocycles. The number of aryl methyl sites for hydroxylation is 1. The molecule has 5 N–H and O–H groups in total. The number of hydrogen-bond donors (Lipinski definition) is 4. The van der Waals surface area contributed by atoms with Crippen LogP contribution in [0.3, 0.4) is 0 Å². The highest BCUT2D eigenvalue weighted by Gasteiger charge is 2.07. The second kappa shape index (κ2) is 13.0. The molecule has 0 atom stereocenters. The predicted octanol–water partition coefficient (Wildman–Crippen LogP) is 5.28. The molecule has 166 valence electrons. The lowest BCUT2D eigenvalue weighted by molar-refractivity contribution is 0.726. The molecule has 0 radical (unpaired) electrons. The molecule has 0 saturated heterocycles. The molecule has 0 aliphatic rings. The van der Waals surface area contributed by atoms with E-state index >= 15 is 0 Å². The highest BCUT2D eigenvalue weighted by Crippen LogP contribution is 2.23. The normalized spacial score (nSPS) is 10.4. The first-order valence-corrected chi connectivity index (χ1v) is 9.93. The Morgan fingerprint density at radius 3 is 2.45 bits per heavy atom. The van der Waals surface area contributed by atoms with E-state index in [1.165, 1.54) is 5.56 Å². The van der Waals surface area contributed by atoms with Gasteiger partial charge in [0.15, 0.2) is 11.8 Å². The van der Waals surface area contributed by atoms with E-state index in [0.717, 1.165) is 41.7 Å². The Balaban J connectivity index is 0.00000240. The third-order valence-electron chi connectivity index (χ3n) is 4.37. The van der Waals surface area contributed by atoms with Crippen LogP contribution in [0.1, 0.15) is 29.8 Å². The number of guanidine groups is 1. The van der Waals surface area contributed by atoms with Gasteiger partial charge in [-0.15, -0.1) is 24.8 Å². The minimum Gasteiger partial charge on any atom is -0.370 e. The molecule has 6 nitrogen and oxygen atoms in total. The van der Waals surface area contributed by atoms with Crippen LogP contribution in [0.2, 0.25) is 5.02 Å². The van der Waals surface area contributed by atoms with Crippen molar-refractivity contribution in [2.75, 3.05) is 18.4 Å². The molecule has 3 aromatic rings. The Morgan fingerprint density at radius 1 is 1.03 bits per heavy atom. The Morgan fingerprint density at radius 2 is 1.74 bits per heavy atom. The quantitative estimate of drug-likeness (QED) is 0.199. The average Bonchev–Trinajstić information content (AvgIpc) is 2.70. The Labute approximate surface area is 200 Å². The van der Waals surface area contributed by atoms with Gasteiger partial charge in [-0.05, 0) is 55.7 Å². The second-order valence-corrected chi connectivity index (χ2v) is 7.25. The van der Waals surface area contributed by atoms with Crippen molar-refractivity contribution in [3.63, 3.8) is 0 Å². The topological polar surface area (TPSA) is 99.7 Å². The van der Waals surface area contributed by atoms with Gasteiger partial charge < -0.3 is 16.4 Å². The van der Waals surface area contributed by atoms with E-state index in [2.05, 4.69) is 34.7 Å². The van der Waals surface area contributed by atoms with Crippen molar-refractivity contribution >= 4 is 71.2 Å². The number of hydrogen-bond acceptors (Lipinski definition) is 4. The summed E-state index contributed by atoms with van der Waals surface area (Å²) in [6.45, 7) is 3.53. The van der Waals surface area contributed by atoms with E-state index in [1.54, 1.807) is 0 Å². The molecule has 0 saturated carbocycles. The van der Waals surface area contributed by atoms with Crippen molar-refractivity contribution in [1.82, 2.24) is 15.3 Å². The van der Waals surface area contributed by atoms with Gasteiger partial charge >= 0.3 is 0 Å². The molecule has 0 bridgehead atoms. The molecule has 0 fully saturated rings. The highest BCUT2D eigenvalue weighted by atomic mass is 35.5. The fourth-order valence-corrected chi connectivity index (χ4v) is 3.02. The Hall–Kier alpha value is -2.54. The Bertz CT molecular complexity index is 1020. The van der Waals surface area contributed by atoms with Crippen LogP contribution in [0.4, 0.5) is 5.82 Å². The number of nitrogens with one attached hydrogen (secondary N) is 3. The number of unbranched alkanes of at least 4 members (excludes halogenated alkanes) is 1. The van der Waals surface area contributed by atoms with Crippen LogP contribution < -0.4 is 16.4 Å². The summed E-state index contributed by atoms with van der Waals surface area (Å²) in [6, 6.07) is 13.8. The number of halogens is 3. The first kappa shape index (κ1) is 26.5. The molecule has 9 heteroatoms. The van der Waals surface area contributed by atoms with Crippen molar-refractivity contribution < 1.29 is 0 Å². The van der Waals surface area contributed by atoms with Crippen LogP contribution in [0, 0.1) is 12.3 Å². The van der Waals surface area contributed by atoms with Gasteiger partial charge in [0.25, 0.3) is 0 Å². The number of aromatic nitrogens is 2. The first-order chi connectivity index (χ1) is 14.0. The van der Waals surface area contributed by atoms with Gasteiger partial charge in [0.1, 0.15) is 5.82 Å². The molecule has 0 amide bonds. The molecule has 3 rings (SSSR count). The predicted molar refractivity (Wildman–Crippen MR) is 137 cm³/mol. The molecule has 0 aliphatic carbocycles. The van der Waals surface area contributed by atoms with Crippen LogP contribution >= 0.6 is 36.4 Å². The average molecular weight is 482 g/mol. The van der Waals surface area contributed by atoms with Gasteiger partial charge in [0.2, 0.25) is 0 Å². The number of benzene rings is 2. The summed E-state index contributed by atoms with van der Waals surface area (Å²) in [5.74, 6) is 1.48. The van der Waals surface area contributed by atoms with E-state index in [1.807, 2.05) is 42.5 Å². The lowest BCUT2D eigenvalue weighted by Gasteiger charge is -2.11. The van der Waals surface area contributed by atoms with E-state index in [9.17, 15) is 0 Å². The van der Waals surface area contributed by atoms with Crippen LogP contribution in [-0.2, 0) is 0 Å². The fourth-order valence-electron chi connectivity index (χ4n) is 2.89. The second-order valence-electron chi connectivity index (χ2n) is 6.81. The van der Waals surface area contributed by atoms with Gasteiger partial charge in [-0.25, -0.2) is 9.97 Å². The van der Waals surface area contributed by atoms with Crippen molar-refractivity contribution in [3.05, 3.63) is 64.4 Å². The summed E-state index contributed by atoms with van der Waals surface area (Å²) < 4.78 is 0. The van der Waals surface area contributed by atoms with Gasteiger partial charge in [-0.3, -0.25) is 5.41 Å². The number of rotatable bonds is 8. The molecular formula is C22H27Cl3N6. The number of nitrogens with zero attached hydrogens (tertiary/aromatic N) is 2. The van der Waals surface area contributed by atoms with Crippen molar-refractivity contribution in [3.8, 4) is 0 Å². The van der Waals surface area contributed by atoms with Crippen LogP contribution in [0.25, 0.3) is 23.1 Å². The van der Waals surface area contributed by atoms with Gasteiger partial charge in [0, 0.05) is 23.5 Å². The van der Waals surface area contributed by atoms with Gasteiger partial charge in [-0.1, -0.05) is 41.4 Å². The smallest absolute Gasteiger partial charge is 0.185 e. The zero-order chi connectivity index (χ0) is 20.6. The highest BCUT2D eigenvalue weighted by molar-refractivity contribution is 6.30. The molecule has 1 heterocycles. The zero-order valence-corrected chi connectivity index (χ0v) is 19.6. The minimum absolute atomic E-state index is 0. The van der Waals surface area contributed by atoms with Crippen molar-refractivity contribution in [2.45, 2.75) is 19.8 Å². The number of anilines is 1. The monoisotopic (exact) mass is 480 g/mol. The first-order valence-electron chi connectivity index (χ1n) is 9.55. The molecule has 0 spiro atoms. The summed E-state index contributed by atoms with van der Waals surface area (Å²) >= 11 is 5.95. The van der Waals surface area contributed by atoms with Crippen molar-refractivity contribution in [2.24, 2.45) is 5.73 Å². The summed E-state index contributed by atoms with van der Waals surface area (Å²) in [5, 5.41) is 15.1. The van der Waals surface area contributed by atoms with Gasteiger partial charge in [0.05, 0.1) is 5.52 Å². The SMILES string of the molecule is Cc1ccc2nc(/C=C/c3ccc(Cl)cc3)nc(NCCCCNC(=N)N)c2c1.Cl.Cl. The number of nitrogens with two attached hydrogens (primary N) is 1. The van der Waals surface area contributed by atoms with E-state index in [4.69, 9.17) is 27.7 Å². The summed E-state index contributed by atoms with van der Waals surface area (Å²) in [4.78, 5) is 9.39. The largest absolute Gasteiger partial charge is 0.370 e. The summed E-state index contributed by atoms with van der Waals surface area (Å²) in [6.07, 6.45) is 5.73. The van der Waals surface area contributed by atoms with E-state index < -0.39 is 0 Å². The van der Waals surface area contributed by atoms with E-state index in [-0.39, 0.29) is 30.8 Å². The lowest BCUT2D eigenvalue weighted by Crippen LogP contribution is -2.31. The van der Waals surface area contributed by atoms with E-state index in [0.29, 0.717) is 17.4 Å². The Kier molecular flexibility index (Phi) is 11.1. The molecular weight excluding hydrogens is 455 g/mol. The van der Waals surface area contributed by atoms with Crippen LogP contribution in [0.5, 0.6) is 0 Å². The molecule has 1 aromatic heterocycles. The number of fused-ring (bicyclic) bond motifs is 1. The minimum atomic E-state index is 0. The van der Waals surface area contributed by atoms with Crippen LogP contribution in [-0.4, -0.2) is 29.0 Å². The van der Waals surface area contributed by atoms with Crippen LogP contribution in [0.15, 0.2) is 42.5 Å².